The number of carbonyl (C=O) groups is 2. The van der Waals surface area contributed by atoms with E-state index in [0.717, 1.165) is 0 Å². The van der Waals surface area contributed by atoms with E-state index >= 15 is 0 Å². The molecule has 4 N–H and O–H groups in total. The van der Waals surface area contributed by atoms with Crippen LogP contribution < -0.4 is 0 Å². The van der Waals surface area contributed by atoms with Crippen molar-refractivity contribution < 1.29 is 56.4 Å². The molecule has 0 bridgehead atoms. The van der Waals surface area contributed by atoms with Crippen molar-refractivity contribution in [3.8, 4) is 22.6 Å². The molecule has 0 heterocycles. The Hall–Kier alpha value is -3.44. The Bertz CT molecular complexity index is 898. The van der Waals surface area contributed by atoms with Gasteiger partial charge < -0.3 is 20.4 Å². The first-order valence-electron chi connectivity index (χ1n) is 7.00. The third kappa shape index (κ3) is 3.80. The highest BCUT2D eigenvalue weighted by Crippen LogP contribution is 2.46. The highest BCUT2D eigenvalue weighted by atomic mass is 19.4. The molecule has 0 aliphatic carbocycles. The number of carboxylic acids is 2. The normalized spacial score (nSPS) is 12.1. The second kappa shape index (κ2) is 6.62. The van der Waals surface area contributed by atoms with Crippen LogP contribution >= 0.6 is 0 Å². The van der Waals surface area contributed by atoms with Gasteiger partial charge in [0.1, 0.15) is 22.6 Å². The monoisotopic (exact) mass is 410 g/mol. The average molecular weight is 410 g/mol. The zero-order valence-corrected chi connectivity index (χ0v) is 13.2. The average Bonchev–Trinajstić information content (AvgIpc) is 2.51. The van der Waals surface area contributed by atoms with Gasteiger partial charge in [0.15, 0.2) is 0 Å². The number of benzene rings is 2. The molecule has 0 saturated carbocycles. The minimum Gasteiger partial charge on any atom is -0.507 e. The maximum atomic E-state index is 13.3. The quantitative estimate of drug-likeness (QED) is 0.564. The van der Waals surface area contributed by atoms with E-state index in [9.17, 15) is 46.1 Å². The molecule has 0 spiro atoms. The maximum Gasteiger partial charge on any atom is 0.417 e. The van der Waals surface area contributed by atoms with Crippen LogP contribution in [0.4, 0.5) is 26.3 Å². The largest absolute Gasteiger partial charge is 0.507 e. The van der Waals surface area contributed by atoms with Gasteiger partial charge in [-0.15, -0.1) is 0 Å². The summed E-state index contributed by atoms with van der Waals surface area (Å²) in [5.74, 6) is -6.44. The van der Waals surface area contributed by atoms with E-state index in [4.69, 9.17) is 10.2 Å². The number of hydrogen-bond acceptors (Lipinski definition) is 4. The Kier molecular flexibility index (Phi) is 4.93. The first-order chi connectivity index (χ1) is 12.6. The van der Waals surface area contributed by atoms with Crippen LogP contribution in [0.1, 0.15) is 31.8 Å². The molecule has 0 unspecified atom stereocenters. The second-order valence-electron chi connectivity index (χ2n) is 5.44. The molecule has 0 amide bonds. The van der Waals surface area contributed by atoms with E-state index in [1.807, 2.05) is 0 Å². The number of rotatable bonds is 3. The molecule has 0 aromatic heterocycles. The summed E-state index contributed by atoms with van der Waals surface area (Å²) in [5.41, 5.74) is -8.69. The van der Waals surface area contributed by atoms with Crippen molar-refractivity contribution in [1.29, 1.82) is 0 Å². The van der Waals surface area contributed by atoms with Gasteiger partial charge >= 0.3 is 24.3 Å². The third-order valence-corrected chi connectivity index (χ3v) is 3.63. The van der Waals surface area contributed by atoms with Crippen LogP contribution in [0, 0.1) is 0 Å². The number of hydrogen-bond donors (Lipinski definition) is 4. The van der Waals surface area contributed by atoms with Crippen molar-refractivity contribution in [2.75, 3.05) is 0 Å². The lowest BCUT2D eigenvalue weighted by Gasteiger charge is -2.19. The van der Waals surface area contributed by atoms with Crippen LogP contribution in [0.2, 0.25) is 0 Å². The first kappa shape index (κ1) is 20.9. The van der Waals surface area contributed by atoms with Gasteiger partial charge in [-0.1, -0.05) is 0 Å². The summed E-state index contributed by atoms with van der Waals surface area (Å²) in [6.45, 7) is 0. The van der Waals surface area contributed by atoms with Gasteiger partial charge in [-0.2, -0.15) is 26.3 Å². The van der Waals surface area contributed by atoms with Crippen LogP contribution in [-0.2, 0) is 12.4 Å². The smallest absolute Gasteiger partial charge is 0.417 e. The highest BCUT2D eigenvalue weighted by Gasteiger charge is 2.40. The Morgan fingerprint density at radius 3 is 1.14 bits per heavy atom. The lowest BCUT2D eigenvalue weighted by molar-refractivity contribution is -0.139. The van der Waals surface area contributed by atoms with Crippen molar-refractivity contribution >= 4 is 11.9 Å². The molecule has 0 aliphatic rings. The molecule has 0 atom stereocenters. The van der Waals surface area contributed by atoms with Gasteiger partial charge in [0, 0.05) is 0 Å². The van der Waals surface area contributed by atoms with Crippen molar-refractivity contribution in [3.63, 3.8) is 0 Å². The molecular formula is C16H8F6O6. The van der Waals surface area contributed by atoms with Gasteiger partial charge in [0.05, 0.1) is 11.1 Å². The minimum absolute atomic E-state index is 0.0602. The SMILES string of the molecule is O=C(O)c1cc(C(F)(F)F)c(-c2cc(O)c(C(=O)O)cc2C(F)(F)F)cc1O. The van der Waals surface area contributed by atoms with E-state index in [1.165, 1.54) is 0 Å². The molecule has 0 aliphatic heterocycles. The van der Waals surface area contributed by atoms with E-state index in [0.29, 0.717) is 0 Å². The number of halogens is 6. The zero-order valence-electron chi connectivity index (χ0n) is 13.2. The Balaban J connectivity index is 2.98. The molecule has 12 heteroatoms. The van der Waals surface area contributed by atoms with Crippen molar-refractivity contribution in [2.45, 2.75) is 12.4 Å². The number of phenols is 2. The molecule has 6 nitrogen and oxygen atoms in total. The van der Waals surface area contributed by atoms with Crippen LogP contribution in [0.25, 0.3) is 11.1 Å². The Morgan fingerprint density at radius 2 is 0.929 bits per heavy atom. The molecule has 2 aromatic rings. The summed E-state index contributed by atoms with van der Waals surface area (Å²) >= 11 is 0. The zero-order chi connectivity index (χ0) is 21.6. The van der Waals surface area contributed by atoms with Crippen LogP contribution in [0.3, 0.4) is 0 Å². The topological polar surface area (TPSA) is 115 Å². The Morgan fingerprint density at radius 1 is 0.643 bits per heavy atom. The van der Waals surface area contributed by atoms with Gasteiger partial charge in [-0.3, -0.25) is 0 Å². The summed E-state index contributed by atoms with van der Waals surface area (Å²) in [6.07, 6.45) is -10.7. The molecule has 2 rings (SSSR count). The van der Waals surface area contributed by atoms with Crippen LogP contribution in [-0.4, -0.2) is 32.4 Å². The summed E-state index contributed by atoms with van der Waals surface area (Å²) in [5, 5.41) is 36.9. The van der Waals surface area contributed by atoms with Crippen LogP contribution in [0.5, 0.6) is 11.5 Å². The summed E-state index contributed by atoms with van der Waals surface area (Å²) < 4.78 is 80.0. The van der Waals surface area contributed by atoms with E-state index in [1.54, 1.807) is 0 Å². The lowest BCUT2D eigenvalue weighted by Crippen LogP contribution is -2.14. The first-order valence-corrected chi connectivity index (χ1v) is 7.00. The number of carboxylic acid groups (broad SMARTS) is 2. The predicted octanol–water partition coefficient (Wildman–Crippen LogP) is 4.20. The summed E-state index contributed by atoms with van der Waals surface area (Å²) in [7, 11) is 0. The van der Waals surface area contributed by atoms with E-state index in [2.05, 4.69) is 0 Å². The Labute approximate surface area is 150 Å². The fourth-order valence-electron chi connectivity index (χ4n) is 2.43. The third-order valence-electron chi connectivity index (χ3n) is 3.63. The predicted molar refractivity (Wildman–Crippen MR) is 79.1 cm³/mol. The number of aromatic hydroxyl groups is 2. The molecule has 0 fully saturated rings. The second-order valence-corrected chi connectivity index (χ2v) is 5.44. The number of alkyl halides is 6. The standard InChI is InChI=1S/C16H8F6O6/c17-15(18,19)9-1-7(13(25)26)11(23)3-5(9)6-4-12(24)8(14(27)28)2-10(6)16(20,21)22/h1-4,23-24H,(H,25,26)(H,27,28). The van der Waals surface area contributed by atoms with Crippen LogP contribution in [0.15, 0.2) is 24.3 Å². The van der Waals surface area contributed by atoms with Crippen molar-refractivity contribution in [2.24, 2.45) is 0 Å². The molecule has 0 saturated heterocycles. The van der Waals surface area contributed by atoms with E-state index < -0.39 is 69.2 Å². The van der Waals surface area contributed by atoms with Gasteiger partial charge in [-0.25, -0.2) is 9.59 Å². The van der Waals surface area contributed by atoms with Gasteiger partial charge in [-0.05, 0) is 35.4 Å². The lowest BCUT2D eigenvalue weighted by atomic mass is 9.91. The highest BCUT2D eigenvalue weighted by molar-refractivity contribution is 5.95. The molecular weight excluding hydrogens is 402 g/mol. The summed E-state index contributed by atoms with van der Waals surface area (Å²) in [4.78, 5) is 21.9. The molecule has 150 valence electrons. The maximum absolute atomic E-state index is 13.3. The summed E-state index contributed by atoms with van der Waals surface area (Å²) in [6, 6.07) is 0.179. The fraction of sp³-hybridized carbons (Fsp3) is 0.125. The van der Waals surface area contributed by atoms with Gasteiger partial charge in [0.25, 0.3) is 0 Å². The van der Waals surface area contributed by atoms with Gasteiger partial charge in [0.2, 0.25) is 0 Å². The number of aromatic carboxylic acids is 2. The van der Waals surface area contributed by atoms with Crippen molar-refractivity contribution in [3.05, 3.63) is 46.5 Å². The molecule has 28 heavy (non-hydrogen) atoms. The fourth-order valence-corrected chi connectivity index (χ4v) is 2.43. The molecule has 0 radical (unpaired) electrons. The minimum atomic E-state index is -5.34. The van der Waals surface area contributed by atoms with Crippen molar-refractivity contribution in [1.82, 2.24) is 0 Å². The molecule has 2 aromatic carbocycles. The van der Waals surface area contributed by atoms with E-state index in [-0.39, 0.29) is 24.3 Å².